The zero-order valence-corrected chi connectivity index (χ0v) is 12.3. The summed E-state index contributed by atoms with van der Waals surface area (Å²) < 4.78 is 5.92. The number of carbonyl (C=O) groups is 1. The van der Waals surface area contributed by atoms with Gasteiger partial charge in [0.2, 0.25) is 5.91 Å². The van der Waals surface area contributed by atoms with Crippen LogP contribution in [0, 0.1) is 11.8 Å². The van der Waals surface area contributed by atoms with Gasteiger partial charge in [-0.25, -0.2) is 0 Å². The molecule has 2 saturated heterocycles. The quantitative estimate of drug-likeness (QED) is 0.843. The third kappa shape index (κ3) is 2.52. The third-order valence-corrected chi connectivity index (χ3v) is 4.64. The summed E-state index contributed by atoms with van der Waals surface area (Å²) in [4.78, 5) is 14.6. The fourth-order valence-electron chi connectivity index (χ4n) is 3.61. The van der Waals surface area contributed by atoms with E-state index in [1.54, 1.807) is 0 Å². The standard InChI is InChI=1S/C15H26N2O2/c1-9(2)8-13-16-10(3)15(18)17(13)12-6-7-19-14(12)11-4-5-11/h9-14,16H,4-8H2,1-3H3. The van der Waals surface area contributed by atoms with E-state index in [4.69, 9.17) is 4.74 Å². The van der Waals surface area contributed by atoms with Gasteiger partial charge in [0.05, 0.1) is 24.4 Å². The summed E-state index contributed by atoms with van der Waals surface area (Å²) in [5.74, 6) is 1.57. The zero-order valence-electron chi connectivity index (χ0n) is 12.3. The molecule has 2 aliphatic heterocycles. The highest BCUT2D eigenvalue weighted by molar-refractivity contribution is 5.84. The second kappa shape index (κ2) is 5.06. The molecule has 4 atom stereocenters. The number of hydrogen-bond acceptors (Lipinski definition) is 3. The topological polar surface area (TPSA) is 41.6 Å². The lowest BCUT2D eigenvalue weighted by Crippen LogP contribution is -2.49. The van der Waals surface area contributed by atoms with Crippen LogP contribution < -0.4 is 5.32 Å². The average Bonchev–Trinajstić information content (AvgIpc) is 3.01. The first-order chi connectivity index (χ1) is 9.08. The lowest BCUT2D eigenvalue weighted by molar-refractivity contribution is -0.133. The van der Waals surface area contributed by atoms with Crippen LogP contribution in [0.15, 0.2) is 0 Å². The van der Waals surface area contributed by atoms with E-state index in [1.807, 2.05) is 6.92 Å². The smallest absolute Gasteiger partial charge is 0.241 e. The Morgan fingerprint density at radius 3 is 2.74 bits per heavy atom. The van der Waals surface area contributed by atoms with Crippen molar-refractivity contribution in [3.05, 3.63) is 0 Å². The first-order valence-corrected chi connectivity index (χ1v) is 7.77. The van der Waals surface area contributed by atoms with Crippen molar-refractivity contribution < 1.29 is 9.53 Å². The molecule has 4 nitrogen and oxygen atoms in total. The molecule has 4 unspecified atom stereocenters. The normalized spacial score (nSPS) is 39.6. The maximum absolute atomic E-state index is 12.5. The molecule has 0 aromatic heterocycles. The fourth-order valence-corrected chi connectivity index (χ4v) is 3.61. The SMILES string of the molecule is CC(C)CC1NC(C)C(=O)N1C1CCOC1C1CC1. The summed E-state index contributed by atoms with van der Waals surface area (Å²) in [7, 11) is 0. The predicted molar refractivity (Wildman–Crippen MR) is 73.6 cm³/mol. The van der Waals surface area contributed by atoms with Crippen LogP contribution in [0.25, 0.3) is 0 Å². The summed E-state index contributed by atoms with van der Waals surface area (Å²) in [5.41, 5.74) is 0. The van der Waals surface area contributed by atoms with Gasteiger partial charge in [0.15, 0.2) is 0 Å². The molecular weight excluding hydrogens is 240 g/mol. The van der Waals surface area contributed by atoms with Crippen LogP contribution in [0.5, 0.6) is 0 Å². The van der Waals surface area contributed by atoms with Gasteiger partial charge < -0.3 is 9.64 Å². The van der Waals surface area contributed by atoms with Crippen LogP contribution in [-0.4, -0.2) is 41.8 Å². The molecule has 0 aromatic rings. The second-order valence-electron chi connectivity index (χ2n) is 6.81. The monoisotopic (exact) mass is 266 g/mol. The zero-order chi connectivity index (χ0) is 13.6. The number of ether oxygens (including phenoxy) is 1. The van der Waals surface area contributed by atoms with Gasteiger partial charge in [0.25, 0.3) is 0 Å². The Balaban J connectivity index is 1.76. The van der Waals surface area contributed by atoms with Crippen LogP contribution in [0.3, 0.4) is 0 Å². The van der Waals surface area contributed by atoms with Gasteiger partial charge in [-0.2, -0.15) is 0 Å². The van der Waals surface area contributed by atoms with Gasteiger partial charge >= 0.3 is 0 Å². The summed E-state index contributed by atoms with van der Waals surface area (Å²) >= 11 is 0. The molecule has 0 spiro atoms. The largest absolute Gasteiger partial charge is 0.376 e. The van der Waals surface area contributed by atoms with E-state index in [2.05, 4.69) is 24.1 Å². The minimum atomic E-state index is -0.0378. The van der Waals surface area contributed by atoms with Crippen LogP contribution in [0.1, 0.15) is 46.5 Å². The van der Waals surface area contributed by atoms with Crippen LogP contribution >= 0.6 is 0 Å². The molecule has 2 heterocycles. The molecule has 0 radical (unpaired) electrons. The van der Waals surface area contributed by atoms with E-state index in [1.165, 1.54) is 12.8 Å². The second-order valence-corrected chi connectivity index (χ2v) is 6.81. The molecule has 4 heteroatoms. The van der Waals surface area contributed by atoms with Crippen molar-refractivity contribution in [3.63, 3.8) is 0 Å². The fraction of sp³-hybridized carbons (Fsp3) is 0.933. The summed E-state index contributed by atoms with van der Waals surface area (Å²) in [6.07, 6.45) is 5.10. The highest BCUT2D eigenvalue weighted by atomic mass is 16.5. The minimum absolute atomic E-state index is 0.0378. The Morgan fingerprint density at radius 1 is 1.37 bits per heavy atom. The maximum atomic E-state index is 12.5. The molecule has 0 aromatic carbocycles. The average molecular weight is 266 g/mol. The lowest BCUT2D eigenvalue weighted by atomic mass is 10.0. The van der Waals surface area contributed by atoms with Gasteiger partial charge in [-0.3, -0.25) is 10.1 Å². The molecular formula is C15H26N2O2. The molecule has 1 aliphatic carbocycles. The molecule has 108 valence electrons. The Kier molecular flexibility index (Phi) is 3.56. The molecule has 1 saturated carbocycles. The van der Waals surface area contributed by atoms with Gasteiger partial charge in [-0.05, 0) is 44.4 Å². The number of nitrogens with one attached hydrogen (secondary N) is 1. The lowest BCUT2D eigenvalue weighted by Gasteiger charge is -2.34. The number of nitrogens with zero attached hydrogens (tertiary/aromatic N) is 1. The maximum Gasteiger partial charge on any atom is 0.241 e. The summed E-state index contributed by atoms with van der Waals surface area (Å²) in [6.45, 7) is 7.24. The molecule has 1 amide bonds. The Labute approximate surface area is 115 Å². The predicted octanol–water partition coefficient (Wildman–Crippen LogP) is 1.75. The molecule has 3 rings (SSSR count). The Hall–Kier alpha value is -0.610. The van der Waals surface area contributed by atoms with E-state index < -0.39 is 0 Å². The number of rotatable bonds is 4. The van der Waals surface area contributed by atoms with E-state index in [-0.39, 0.29) is 18.1 Å². The molecule has 3 fully saturated rings. The molecule has 3 aliphatic rings. The van der Waals surface area contributed by atoms with E-state index in [0.29, 0.717) is 24.0 Å². The van der Waals surface area contributed by atoms with Gasteiger partial charge in [-0.15, -0.1) is 0 Å². The first-order valence-electron chi connectivity index (χ1n) is 7.77. The summed E-state index contributed by atoms with van der Waals surface area (Å²) in [5, 5.41) is 3.46. The number of hydrogen-bond donors (Lipinski definition) is 1. The van der Waals surface area contributed by atoms with Crippen molar-refractivity contribution in [1.82, 2.24) is 10.2 Å². The molecule has 0 bridgehead atoms. The Bertz CT molecular complexity index is 354. The van der Waals surface area contributed by atoms with Crippen molar-refractivity contribution in [2.45, 2.75) is 70.8 Å². The van der Waals surface area contributed by atoms with Gasteiger partial charge in [-0.1, -0.05) is 13.8 Å². The van der Waals surface area contributed by atoms with Crippen LogP contribution in [0.2, 0.25) is 0 Å². The molecule has 1 N–H and O–H groups in total. The molecule has 19 heavy (non-hydrogen) atoms. The van der Waals surface area contributed by atoms with Crippen molar-refractivity contribution in [2.75, 3.05) is 6.61 Å². The van der Waals surface area contributed by atoms with Crippen molar-refractivity contribution in [3.8, 4) is 0 Å². The summed E-state index contributed by atoms with van der Waals surface area (Å²) in [6, 6.07) is 0.269. The number of amides is 1. The highest BCUT2D eigenvalue weighted by Gasteiger charge is 2.49. The van der Waals surface area contributed by atoms with Crippen LogP contribution in [-0.2, 0) is 9.53 Å². The minimum Gasteiger partial charge on any atom is -0.376 e. The van der Waals surface area contributed by atoms with E-state index in [9.17, 15) is 4.79 Å². The highest BCUT2D eigenvalue weighted by Crippen LogP contribution is 2.41. The van der Waals surface area contributed by atoms with Crippen LogP contribution in [0.4, 0.5) is 0 Å². The first kappa shape index (κ1) is 13.4. The van der Waals surface area contributed by atoms with E-state index in [0.717, 1.165) is 19.4 Å². The van der Waals surface area contributed by atoms with Gasteiger partial charge in [0.1, 0.15) is 0 Å². The number of carbonyl (C=O) groups excluding carboxylic acids is 1. The Morgan fingerprint density at radius 2 is 2.11 bits per heavy atom. The van der Waals surface area contributed by atoms with Crippen molar-refractivity contribution >= 4 is 5.91 Å². The van der Waals surface area contributed by atoms with Crippen molar-refractivity contribution in [1.29, 1.82) is 0 Å². The van der Waals surface area contributed by atoms with Gasteiger partial charge in [0, 0.05) is 6.61 Å². The van der Waals surface area contributed by atoms with E-state index >= 15 is 0 Å². The van der Waals surface area contributed by atoms with Crippen molar-refractivity contribution in [2.24, 2.45) is 11.8 Å². The third-order valence-electron chi connectivity index (χ3n) is 4.64.